The summed E-state index contributed by atoms with van der Waals surface area (Å²) in [6, 6.07) is 12.2. The molecular formula is C21H16O6. The molecule has 27 heavy (non-hydrogen) atoms. The number of fused-ring (bicyclic) bond motifs is 2. The van der Waals surface area contributed by atoms with Gasteiger partial charge in [0.25, 0.3) is 0 Å². The largest absolute Gasteiger partial charge is 0.478 e. The van der Waals surface area contributed by atoms with Gasteiger partial charge < -0.3 is 14.6 Å². The van der Waals surface area contributed by atoms with Crippen molar-refractivity contribution in [3.63, 3.8) is 0 Å². The molecule has 0 saturated heterocycles. The maximum absolute atomic E-state index is 11.7. The molecule has 6 heteroatoms. The number of carboxylic acid groups (broad SMARTS) is 1. The molecule has 0 atom stereocenters. The molecule has 0 heterocycles. The Balaban J connectivity index is 2.40. The zero-order valence-corrected chi connectivity index (χ0v) is 14.7. The lowest BCUT2D eigenvalue weighted by Gasteiger charge is -2.16. The van der Waals surface area contributed by atoms with Gasteiger partial charge in [0, 0.05) is 41.5 Å². The highest BCUT2D eigenvalue weighted by atomic mass is 16.5. The zero-order valence-electron chi connectivity index (χ0n) is 14.7. The SMILES string of the molecule is CC(=O)Oc1c2ccccc2c(OC(C)=O)c2cc(/C=C\C(=O)O)ccc12. The van der Waals surface area contributed by atoms with Gasteiger partial charge in [-0.15, -0.1) is 0 Å². The number of carbonyl (C=O) groups excluding carboxylic acids is 2. The molecule has 0 aliphatic carbocycles. The maximum atomic E-state index is 11.7. The zero-order chi connectivity index (χ0) is 19.6. The van der Waals surface area contributed by atoms with Crippen LogP contribution < -0.4 is 9.47 Å². The molecule has 0 spiro atoms. The van der Waals surface area contributed by atoms with E-state index in [-0.39, 0.29) is 0 Å². The lowest BCUT2D eigenvalue weighted by Crippen LogP contribution is -2.06. The van der Waals surface area contributed by atoms with Crippen molar-refractivity contribution in [2.75, 3.05) is 0 Å². The van der Waals surface area contributed by atoms with E-state index in [9.17, 15) is 14.4 Å². The van der Waals surface area contributed by atoms with E-state index in [1.165, 1.54) is 19.9 Å². The van der Waals surface area contributed by atoms with Gasteiger partial charge in [0.15, 0.2) is 0 Å². The Labute approximate surface area is 154 Å². The molecule has 0 radical (unpaired) electrons. The Morgan fingerprint density at radius 2 is 1.33 bits per heavy atom. The van der Waals surface area contributed by atoms with E-state index in [1.807, 2.05) is 0 Å². The third-order valence-corrected chi connectivity index (χ3v) is 3.86. The van der Waals surface area contributed by atoms with Crippen LogP contribution in [0.2, 0.25) is 0 Å². The number of carbonyl (C=O) groups is 3. The van der Waals surface area contributed by atoms with E-state index < -0.39 is 17.9 Å². The number of carboxylic acids is 1. The van der Waals surface area contributed by atoms with Crippen molar-refractivity contribution in [3.8, 4) is 11.5 Å². The van der Waals surface area contributed by atoms with Gasteiger partial charge in [0.2, 0.25) is 0 Å². The summed E-state index contributed by atoms with van der Waals surface area (Å²) in [6.07, 6.45) is 2.45. The van der Waals surface area contributed by atoms with Crippen LogP contribution in [0.15, 0.2) is 48.5 Å². The second-order valence-electron chi connectivity index (χ2n) is 5.87. The minimum Gasteiger partial charge on any atom is -0.478 e. The van der Waals surface area contributed by atoms with Crippen LogP contribution in [0.4, 0.5) is 0 Å². The third-order valence-electron chi connectivity index (χ3n) is 3.86. The fourth-order valence-corrected chi connectivity index (χ4v) is 2.90. The third kappa shape index (κ3) is 3.79. The van der Waals surface area contributed by atoms with Crippen LogP contribution in [0.1, 0.15) is 19.4 Å². The van der Waals surface area contributed by atoms with Crippen molar-refractivity contribution < 1.29 is 29.0 Å². The van der Waals surface area contributed by atoms with E-state index >= 15 is 0 Å². The monoisotopic (exact) mass is 364 g/mol. The molecule has 0 aliphatic rings. The number of esters is 2. The van der Waals surface area contributed by atoms with Crippen LogP contribution in [0.25, 0.3) is 27.6 Å². The van der Waals surface area contributed by atoms with E-state index in [2.05, 4.69) is 0 Å². The van der Waals surface area contributed by atoms with Gasteiger partial charge in [-0.05, 0) is 23.8 Å². The smallest absolute Gasteiger partial charge is 0.328 e. The Kier molecular flexibility index (Phi) is 4.90. The molecule has 3 aromatic rings. The van der Waals surface area contributed by atoms with Crippen LogP contribution >= 0.6 is 0 Å². The number of benzene rings is 3. The first-order valence-electron chi connectivity index (χ1n) is 8.13. The summed E-state index contributed by atoms with van der Waals surface area (Å²) >= 11 is 0. The summed E-state index contributed by atoms with van der Waals surface area (Å²) in [4.78, 5) is 34.1. The molecule has 0 aliphatic heterocycles. The van der Waals surface area contributed by atoms with Gasteiger partial charge >= 0.3 is 17.9 Å². The highest BCUT2D eigenvalue weighted by Crippen LogP contribution is 2.43. The minimum absolute atomic E-state index is 0.328. The second kappa shape index (κ2) is 7.29. The average Bonchev–Trinajstić information content (AvgIpc) is 2.62. The molecule has 3 aromatic carbocycles. The van der Waals surface area contributed by atoms with Gasteiger partial charge in [0.05, 0.1) is 0 Å². The molecule has 0 fully saturated rings. The predicted octanol–water partition coefficient (Wildman–Crippen LogP) is 3.94. The van der Waals surface area contributed by atoms with Gasteiger partial charge in [-0.25, -0.2) is 4.79 Å². The molecule has 0 bridgehead atoms. The van der Waals surface area contributed by atoms with E-state index in [4.69, 9.17) is 14.6 Å². The first-order valence-corrected chi connectivity index (χ1v) is 8.13. The van der Waals surface area contributed by atoms with Crippen molar-refractivity contribution in [3.05, 3.63) is 54.1 Å². The van der Waals surface area contributed by atoms with Crippen molar-refractivity contribution in [1.82, 2.24) is 0 Å². The molecule has 0 aromatic heterocycles. The number of aliphatic carboxylic acids is 1. The van der Waals surface area contributed by atoms with Crippen LogP contribution in [0.3, 0.4) is 0 Å². The van der Waals surface area contributed by atoms with Gasteiger partial charge in [-0.3, -0.25) is 9.59 Å². The van der Waals surface area contributed by atoms with Crippen LogP contribution in [-0.2, 0) is 14.4 Å². The molecule has 6 nitrogen and oxygen atoms in total. The molecule has 136 valence electrons. The topological polar surface area (TPSA) is 89.9 Å². The van der Waals surface area contributed by atoms with Crippen LogP contribution in [0.5, 0.6) is 11.5 Å². The second-order valence-corrected chi connectivity index (χ2v) is 5.87. The highest BCUT2D eigenvalue weighted by molar-refractivity contribution is 6.13. The van der Waals surface area contributed by atoms with Crippen molar-refractivity contribution in [2.45, 2.75) is 13.8 Å². The molecule has 3 rings (SSSR count). The maximum Gasteiger partial charge on any atom is 0.328 e. The fourth-order valence-electron chi connectivity index (χ4n) is 2.90. The summed E-state index contributed by atoms with van der Waals surface area (Å²) in [5, 5.41) is 11.2. The van der Waals surface area contributed by atoms with E-state index in [1.54, 1.807) is 42.5 Å². The normalized spacial score (nSPS) is 11.0. The average molecular weight is 364 g/mol. The quantitative estimate of drug-likeness (QED) is 0.326. The van der Waals surface area contributed by atoms with Gasteiger partial charge in [-0.2, -0.15) is 0 Å². The molecule has 0 saturated carbocycles. The van der Waals surface area contributed by atoms with Crippen molar-refractivity contribution in [2.24, 2.45) is 0 Å². The Hall–Kier alpha value is -3.67. The molecule has 1 N–H and O–H groups in total. The van der Waals surface area contributed by atoms with Crippen LogP contribution in [-0.4, -0.2) is 23.0 Å². The Morgan fingerprint density at radius 3 is 1.85 bits per heavy atom. The summed E-state index contributed by atoms with van der Waals surface area (Å²) in [6.45, 7) is 2.61. The Bertz CT molecular complexity index is 1110. The van der Waals surface area contributed by atoms with Gasteiger partial charge in [0.1, 0.15) is 11.5 Å². The first kappa shape index (κ1) is 18.1. The number of ether oxygens (including phenoxy) is 2. The van der Waals surface area contributed by atoms with E-state index in [0.717, 1.165) is 6.08 Å². The van der Waals surface area contributed by atoms with Crippen LogP contribution in [0, 0.1) is 0 Å². The molecular weight excluding hydrogens is 348 g/mol. The lowest BCUT2D eigenvalue weighted by molar-refractivity contribution is -0.132. The summed E-state index contributed by atoms with van der Waals surface area (Å²) in [5.74, 6) is -1.36. The lowest BCUT2D eigenvalue weighted by atomic mass is 9.98. The number of hydrogen-bond acceptors (Lipinski definition) is 5. The summed E-state index contributed by atoms with van der Waals surface area (Å²) < 4.78 is 10.9. The number of hydrogen-bond donors (Lipinski definition) is 1. The molecule has 0 unspecified atom stereocenters. The summed E-state index contributed by atoms with van der Waals surface area (Å²) in [5.41, 5.74) is 0.599. The van der Waals surface area contributed by atoms with E-state index in [0.29, 0.717) is 38.6 Å². The Morgan fingerprint density at radius 1 is 0.815 bits per heavy atom. The first-order chi connectivity index (χ1) is 12.9. The van der Waals surface area contributed by atoms with Crippen molar-refractivity contribution >= 4 is 45.5 Å². The number of rotatable bonds is 4. The standard InChI is InChI=1S/C21H16O6/c1-12(22)26-20-15-5-3-4-6-16(15)21(27-13(2)23)18-11-14(7-9-17(18)20)8-10-19(24)25/h3-11H,1-2H3,(H,24,25)/b10-8-. The predicted molar refractivity (Wildman–Crippen MR) is 101 cm³/mol. The highest BCUT2D eigenvalue weighted by Gasteiger charge is 2.18. The van der Waals surface area contributed by atoms with Gasteiger partial charge in [-0.1, -0.05) is 30.3 Å². The minimum atomic E-state index is -1.07. The molecule has 0 amide bonds. The van der Waals surface area contributed by atoms with Crippen molar-refractivity contribution in [1.29, 1.82) is 0 Å². The fraction of sp³-hybridized carbons (Fsp3) is 0.0952. The summed E-state index contributed by atoms with van der Waals surface area (Å²) in [7, 11) is 0.